The Bertz CT molecular complexity index is 654. The number of aliphatic hydroxyl groups is 1. The molecule has 0 spiro atoms. The Hall–Kier alpha value is -0.690. The van der Waals surface area contributed by atoms with Crippen LogP contribution in [0.5, 0.6) is 0 Å². The molecular weight excluding hydrogens is 424 g/mol. The van der Waals surface area contributed by atoms with Crippen LogP contribution in [-0.4, -0.2) is 85.3 Å². The predicted octanol–water partition coefficient (Wildman–Crippen LogP) is 2.86. The van der Waals surface area contributed by atoms with Gasteiger partial charge in [-0.15, -0.1) is 0 Å². The number of hydrogen-bond acceptors (Lipinski definition) is 5. The zero-order valence-corrected chi connectivity index (χ0v) is 21.4. The lowest BCUT2D eigenvalue weighted by Gasteiger charge is -2.42. The number of rotatable bonds is 7. The number of nitrogens with zero attached hydrogens (tertiary/aromatic N) is 2. The van der Waals surface area contributed by atoms with Crippen molar-refractivity contribution in [3.05, 3.63) is 0 Å². The van der Waals surface area contributed by atoms with E-state index in [1.54, 1.807) is 0 Å². The third-order valence-corrected chi connectivity index (χ3v) is 10.1. The first-order valence-electron chi connectivity index (χ1n) is 14.8. The number of likely N-dealkylation sites (tertiary alicyclic amines) is 2. The van der Waals surface area contributed by atoms with Gasteiger partial charge in [-0.05, 0) is 108 Å². The molecule has 3 aliphatic heterocycles. The molecule has 2 aliphatic carbocycles. The summed E-state index contributed by atoms with van der Waals surface area (Å²) < 4.78 is 0. The minimum Gasteiger partial charge on any atom is -0.390 e. The molecule has 3 N–H and O–H groups in total. The van der Waals surface area contributed by atoms with Crippen LogP contribution < -0.4 is 10.6 Å². The van der Waals surface area contributed by atoms with Crippen molar-refractivity contribution in [1.29, 1.82) is 0 Å². The first-order valence-corrected chi connectivity index (χ1v) is 14.8. The third-order valence-electron chi connectivity index (χ3n) is 10.1. The van der Waals surface area contributed by atoms with Gasteiger partial charge >= 0.3 is 0 Å². The van der Waals surface area contributed by atoms with Crippen molar-refractivity contribution in [2.75, 3.05) is 52.4 Å². The van der Waals surface area contributed by atoms with Crippen molar-refractivity contribution in [2.45, 2.75) is 89.2 Å². The third kappa shape index (κ3) is 6.35. The summed E-state index contributed by atoms with van der Waals surface area (Å²) in [5.74, 6) is 3.65. The fourth-order valence-corrected chi connectivity index (χ4v) is 7.97. The Labute approximate surface area is 207 Å². The van der Waals surface area contributed by atoms with Crippen molar-refractivity contribution < 1.29 is 9.90 Å². The van der Waals surface area contributed by atoms with E-state index < -0.39 is 6.10 Å². The Morgan fingerprint density at radius 2 is 1.62 bits per heavy atom. The van der Waals surface area contributed by atoms with E-state index in [1.165, 1.54) is 57.8 Å². The summed E-state index contributed by atoms with van der Waals surface area (Å²) in [5.41, 5.74) is 0. The molecule has 2 saturated carbocycles. The molecule has 0 aromatic rings. The fourth-order valence-electron chi connectivity index (χ4n) is 7.97. The predicted molar refractivity (Wildman–Crippen MR) is 137 cm³/mol. The average Bonchev–Trinajstić information content (AvgIpc) is 3.08. The highest BCUT2D eigenvalue weighted by molar-refractivity contribution is 5.80. The highest BCUT2D eigenvalue weighted by atomic mass is 16.3. The highest BCUT2D eigenvalue weighted by Crippen LogP contribution is 2.37. The van der Waals surface area contributed by atoms with Crippen LogP contribution in [0.15, 0.2) is 0 Å². The maximum atomic E-state index is 13.4. The summed E-state index contributed by atoms with van der Waals surface area (Å²) in [5, 5.41) is 18.2. The van der Waals surface area contributed by atoms with Crippen molar-refractivity contribution in [3.63, 3.8) is 0 Å². The molecule has 5 fully saturated rings. The van der Waals surface area contributed by atoms with Gasteiger partial charge in [0.2, 0.25) is 5.91 Å². The Morgan fingerprint density at radius 1 is 0.853 bits per heavy atom. The average molecular weight is 475 g/mol. The standard InChI is InChI=1S/C28H50N4O2/c33-26(19-31-15-11-22-3-1-2-4-24(22)18-31)20-32-16-12-23-5-6-25(7-8-27(23)28(32)34)30-17-21-9-13-29-14-10-21/h21-27,29-30,33H,1-20H2/t22?,23?,24?,25?,26-,27?/m1/s1. The van der Waals surface area contributed by atoms with Gasteiger partial charge in [-0.25, -0.2) is 0 Å². The summed E-state index contributed by atoms with van der Waals surface area (Å²) in [6.45, 7) is 7.87. The molecule has 0 radical (unpaired) electrons. The van der Waals surface area contributed by atoms with Crippen molar-refractivity contribution >= 4 is 5.91 Å². The van der Waals surface area contributed by atoms with Crippen molar-refractivity contribution in [3.8, 4) is 0 Å². The molecule has 0 bridgehead atoms. The smallest absolute Gasteiger partial charge is 0.226 e. The van der Waals surface area contributed by atoms with Crippen molar-refractivity contribution in [1.82, 2.24) is 20.4 Å². The topological polar surface area (TPSA) is 67.8 Å². The molecule has 0 aromatic heterocycles. The van der Waals surface area contributed by atoms with Crippen LogP contribution in [0.1, 0.15) is 77.0 Å². The molecule has 6 heteroatoms. The van der Waals surface area contributed by atoms with E-state index in [-0.39, 0.29) is 5.92 Å². The molecule has 5 rings (SSSR count). The molecular formula is C28H50N4O2. The van der Waals surface area contributed by atoms with E-state index in [2.05, 4.69) is 15.5 Å². The largest absolute Gasteiger partial charge is 0.390 e. The lowest BCUT2D eigenvalue weighted by molar-refractivity contribution is -0.143. The SMILES string of the molecule is O=C1C2CCC(NCC3CCNCC3)CCC2CCN1C[C@H](O)CN1CCC2CCCCC2C1. The van der Waals surface area contributed by atoms with E-state index in [0.29, 0.717) is 24.4 Å². The van der Waals surface area contributed by atoms with Gasteiger partial charge in [-0.2, -0.15) is 0 Å². The number of fused-ring (bicyclic) bond motifs is 2. The normalized spacial score (nSPS) is 37.0. The summed E-state index contributed by atoms with van der Waals surface area (Å²) >= 11 is 0. The molecule has 5 unspecified atom stereocenters. The molecule has 3 heterocycles. The molecule has 6 nitrogen and oxygen atoms in total. The van der Waals surface area contributed by atoms with Gasteiger partial charge in [0.15, 0.2) is 0 Å². The van der Waals surface area contributed by atoms with Crippen LogP contribution in [-0.2, 0) is 4.79 Å². The quantitative estimate of drug-likeness (QED) is 0.529. The van der Waals surface area contributed by atoms with Gasteiger partial charge in [0.1, 0.15) is 0 Å². The van der Waals surface area contributed by atoms with Gasteiger partial charge in [0, 0.05) is 38.1 Å². The second-order valence-electron chi connectivity index (χ2n) is 12.4. The number of carbonyl (C=O) groups excluding carboxylic acids is 1. The highest BCUT2D eigenvalue weighted by Gasteiger charge is 2.39. The lowest BCUT2D eigenvalue weighted by Crippen LogP contribution is -2.51. The Kier molecular flexibility index (Phi) is 8.84. The first-order chi connectivity index (χ1) is 16.7. The van der Waals surface area contributed by atoms with E-state index in [1.807, 2.05) is 4.90 Å². The van der Waals surface area contributed by atoms with Gasteiger partial charge in [-0.1, -0.05) is 19.3 Å². The zero-order chi connectivity index (χ0) is 23.3. The Balaban J connectivity index is 1.06. The van der Waals surface area contributed by atoms with Gasteiger partial charge in [-0.3, -0.25) is 4.79 Å². The van der Waals surface area contributed by atoms with Crippen molar-refractivity contribution in [2.24, 2.45) is 29.6 Å². The second kappa shape index (κ2) is 12.0. The number of amides is 1. The molecule has 5 aliphatic rings. The van der Waals surface area contributed by atoms with Gasteiger partial charge in [0.25, 0.3) is 0 Å². The number of carbonyl (C=O) groups is 1. The maximum absolute atomic E-state index is 13.4. The number of piperidine rings is 3. The Morgan fingerprint density at radius 3 is 2.47 bits per heavy atom. The summed E-state index contributed by atoms with van der Waals surface area (Å²) in [6.07, 6.45) is 14.7. The van der Waals surface area contributed by atoms with Crippen LogP contribution >= 0.6 is 0 Å². The van der Waals surface area contributed by atoms with Gasteiger partial charge < -0.3 is 25.5 Å². The van der Waals surface area contributed by atoms with E-state index in [4.69, 9.17) is 0 Å². The van der Waals surface area contributed by atoms with Crippen LogP contribution in [0, 0.1) is 29.6 Å². The molecule has 0 aromatic carbocycles. The number of aliphatic hydroxyl groups excluding tert-OH is 1. The molecule has 34 heavy (non-hydrogen) atoms. The van der Waals surface area contributed by atoms with Crippen LogP contribution in [0.25, 0.3) is 0 Å². The minimum absolute atomic E-state index is 0.185. The number of β-amino-alcohol motifs (C(OH)–C–C–N with tert-alkyl or cyclic N) is 1. The summed E-state index contributed by atoms with van der Waals surface area (Å²) in [7, 11) is 0. The lowest BCUT2D eigenvalue weighted by atomic mass is 9.75. The van der Waals surface area contributed by atoms with Crippen LogP contribution in [0.3, 0.4) is 0 Å². The maximum Gasteiger partial charge on any atom is 0.226 e. The first kappa shape index (κ1) is 25.0. The molecule has 6 atom stereocenters. The summed E-state index contributed by atoms with van der Waals surface area (Å²) in [4.78, 5) is 17.9. The monoisotopic (exact) mass is 474 g/mol. The number of hydrogen-bond donors (Lipinski definition) is 3. The van der Waals surface area contributed by atoms with E-state index in [0.717, 1.165) is 82.8 Å². The zero-order valence-electron chi connectivity index (χ0n) is 21.4. The van der Waals surface area contributed by atoms with Crippen LogP contribution in [0.2, 0.25) is 0 Å². The van der Waals surface area contributed by atoms with E-state index >= 15 is 0 Å². The molecule has 194 valence electrons. The molecule has 3 saturated heterocycles. The van der Waals surface area contributed by atoms with Gasteiger partial charge in [0.05, 0.1) is 6.10 Å². The second-order valence-corrected chi connectivity index (χ2v) is 12.4. The van der Waals surface area contributed by atoms with E-state index in [9.17, 15) is 9.90 Å². The minimum atomic E-state index is -0.411. The summed E-state index contributed by atoms with van der Waals surface area (Å²) in [6, 6.07) is 0.579. The molecule has 1 amide bonds. The van der Waals surface area contributed by atoms with Crippen LogP contribution in [0.4, 0.5) is 0 Å². The fraction of sp³-hybridized carbons (Fsp3) is 0.964. The number of nitrogens with one attached hydrogen (secondary N) is 2.